The van der Waals surface area contributed by atoms with Crippen molar-refractivity contribution in [2.24, 2.45) is 0 Å². The summed E-state index contributed by atoms with van der Waals surface area (Å²) in [4.78, 5) is 24.3. The lowest BCUT2D eigenvalue weighted by molar-refractivity contribution is -0.152. The van der Waals surface area contributed by atoms with Crippen molar-refractivity contribution in [3.8, 4) is 6.07 Å². The molecule has 0 aliphatic carbocycles. The zero-order chi connectivity index (χ0) is 22.3. The van der Waals surface area contributed by atoms with Gasteiger partial charge in [0.25, 0.3) is 5.91 Å². The fourth-order valence-corrected chi connectivity index (χ4v) is 3.94. The molecule has 8 nitrogen and oxygen atoms in total. The van der Waals surface area contributed by atoms with Crippen LogP contribution in [0.3, 0.4) is 0 Å². The molecule has 0 saturated carbocycles. The van der Waals surface area contributed by atoms with E-state index in [0.29, 0.717) is 16.8 Å². The van der Waals surface area contributed by atoms with E-state index in [-0.39, 0.29) is 17.9 Å². The quantitative estimate of drug-likeness (QED) is 0.621. The molecule has 2 aromatic carbocycles. The number of anilines is 1. The maximum atomic E-state index is 12.4. The van der Waals surface area contributed by atoms with E-state index in [1.807, 2.05) is 12.1 Å². The number of sulfonamides is 1. The van der Waals surface area contributed by atoms with Gasteiger partial charge < -0.3 is 10.1 Å². The number of aryl methyl sites for hydroxylation is 2. The van der Waals surface area contributed by atoms with Gasteiger partial charge >= 0.3 is 5.97 Å². The number of rotatable bonds is 8. The van der Waals surface area contributed by atoms with Crippen molar-refractivity contribution in [1.82, 2.24) is 4.72 Å². The van der Waals surface area contributed by atoms with E-state index in [2.05, 4.69) is 10.0 Å². The predicted molar refractivity (Wildman–Crippen MR) is 111 cm³/mol. The maximum absolute atomic E-state index is 12.4. The van der Waals surface area contributed by atoms with Crippen molar-refractivity contribution in [2.75, 3.05) is 11.9 Å². The van der Waals surface area contributed by atoms with Gasteiger partial charge in [0.15, 0.2) is 6.10 Å². The molecule has 1 unspecified atom stereocenters. The van der Waals surface area contributed by atoms with Gasteiger partial charge in [0.1, 0.15) is 0 Å². The molecule has 2 rings (SSSR count). The third-order valence-electron chi connectivity index (χ3n) is 4.19. The molecule has 0 aromatic heterocycles. The minimum absolute atomic E-state index is 0.156. The van der Waals surface area contributed by atoms with Crippen LogP contribution in [-0.2, 0) is 24.3 Å². The van der Waals surface area contributed by atoms with Crippen molar-refractivity contribution in [2.45, 2.75) is 38.2 Å². The van der Waals surface area contributed by atoms with Gasteiger partial charge in [0.2, 0.25) is 10.0 Å². The lowest BCUT2D eigenvalue weighted by Crippen LogP contribution is -2.32. The topological polar surface area (TPSA) is 125 Å². The summed E-state index contributed by atoms with van der Waals surface area (Å²) >= 11 is 0. The lowest BCUT2D eigenvalue weighted by atomic mass is 10.2. The zero-order valence-electron chi connectivity index (χ0n) is 16.9. The van der Waals surface area contributed by atoms with Gasteiger partial charge in [-0.2, -0.15) is 5.26 Å². The van der Waals surface area contributed by atoms with Gasteiger partial charge in [-0.25, -0.2) is 13.1 Å². The highest BCUT2D eigenvalue weighted by atomic mass is 32.2. The minimum atomic E-state index is -3.76. The number of amides is 1. The second-order valence-electron chi connectivity index (χ2n) is 6.73. The minimum Gasteiger partial charge on any atom is -0.452 e. The lowest BCUT2D eigenvalue weighted by Gasteiger charge is -2.14. The highest BCUT2D eigenvalue weighted by molar-refractivity contribution is 7.89. The third kappa shape index (κ3) is 6.40. The van der Waals surface area contributed by atoms with Gasteiger partial charge in [-0.3, -0.25) is 9.59 Å². The first-order valence-electron chi connectivity index (χ1n) is 9.20. The number of benzene rings is 2. The van der Waals surface area contributed by atoms with Crippen LogP contribution in [0.25, 0.3) is 0 Å². The Morgan fingerprint density at radius 3 is 2.60 bits per heavy atom. The number of esters is 1. The molecule has 0 spiro atoms. The van der Waals surface area contributed by atoms with E-state index in [0.717, 1.165) is 5.56 Å². The van der Waals surface area contributed by atoms with Crippen molar-refractivity contribution in [1.29, 1.82) is 5.26 Å². The van der Waals surface area contributed by atoms with Crippen LogP contribution in [0.4, 0.5) is 5.69 Å². The summed E-state index contributed by atoms with van der Waals surface area (Å²) < 4.78 is 32.3. The largest absolute Gasteiger partial charge is 0.452 e. The average molecular weight is 429 g/mol. The third-order valence-corrected chi connectivity index (χ3v) is 5.79. The standard InChI is InChI=1S/C21H23N3O5S/c1-14-7-8-15(2)19(11-14)30(27,28)23-10-9-20(25)29-16(3)21(26)24-18-6-4-5-17(12-18)13-22/h4-8,11-12,16,23H,9-10H2,1-3H3,(H,24,26). The average Bonchev–Trinajstić information content (AvgIpc) is 2.69. The van der Waals surface area contributed by atoms with E-state index in [1.54, 1.807) is 44.2 Å². The van der Waals surface area contributed by atoms with E-state index in [4.69, 9.17) is 10.00 Å². The number of hydrogen-bond acceptors (Lipinski definition) is 6. The summed E-state index contributed by atoms with van der Waals surface area (Å²) in [7, 11) is -3.76. The summed E-state index contributed by atoms with van der Waals surface area (Å²) in [5.41, 5.74) is 2.19. The summed E-state index contributed by atoms with van der Waals surface area (Å²) in [6.07, 6.45) is -1.31. The van der Waals surface area contributed by atoms with Crippen LogP contribution in [0.5, 0.6) is 0 Å². The molecule has 1 amide bonds. The first-order chi connectivity index (χ1) is 14.1. The molecular weight excluding hydrogens is 406 g/mol. The van der Waals surface area contributed by atoms with Crippen molar-refractivity contribution in [3.63, 3.8) is 0 Å². The molecule has 158 valence electrons. The Kier molecular flexibility index (Phi) is 7.69. The molecule has 0 aliphatic rings. The Morgan fingerprint density at radius 2 is 1.90 bits per heavy atom. The molecule has 0 fully saturated rings. The van der Waals surface area contributed by atoms with Gasteiger partial charge in [-0.1, -0.05) is 18.2 Å². The highest BCUT2D eigenvalue weighted by Crippen LogP contribution is 2.16. The van der Waals surface area contributed by atoms with Crippen molar-refractivity contribution < 1.29 is 22.7 Å². The second kappa shape index (κ2) is 10.0. The second-order valence-corrected chi connectivity index (χ2v) is 8.47. The molecule has 9 heteroatoms. The number of nitrogens with one attached hydrogen (secondary N) is 2. The number of carbonyl (C=O) groups excluding carboxylic acids is 2. The number of ether oxygens (including phenoxy) is 1. The normalized spacial score (nSPS) is 11.9. The van der Waals surface area contributed by atoms with Crippen LogP contribution in [-0.4, -0.2) is 32.9 Å². The zero-order valence-corrected chi connectivity index (χ0v) is 17.7. The van der Waals surface area contributed by atoms with Crippen molar-refractivity contribution in [3.05, 3.63) is 59.2 Å². The van der Waals surface area contributed by atoms with Gasteiger partial charge in [0.05, 0.1) is 22.9 Å². The molecule has 0 saturated heterocycles. The summed E-state index contributed by atoms with van der Waals surface area (Å²) in [5, 5.41) is 11.4. The van der Waals surface area contributed by atoms with Gasteiger partial charge in [-0.05, 0) is 56.2 Å². The van der Waals surface area contributed by atoms with E-state index in [9.17, 15) is 18.0 Å². The molecule has 2 N–H and O–H groups in total. The van der Waals surface area contributed by atoms with Gasteiger partial charge in [0, 0.05) is 12.2 Å². The molecule has 1 atom stereocenters. The van der Waals surface area contributed by atoms with E-state index < -0.39 is 28.0 Å². The predicted octanol–water partition coefficient (Wildman–Crippen LogP) is 2.41. The summed E-state index contributed by atoms with van der Waals surface area (Å²) in [6.45, 7) is 4.72. The molecule has 0 radical (unpaired) electrons. The Labute approximate surface area is 175 Å². The SMILES string of the molecule is Cc1ccc(C)c(S(=O)(=O)NCCC(=O)OC(C)C(=O)Nc2cccc(C#N)c2)c1. The fraction of sp³-hybridized carbons (Fsp3) is 0.286. The van der Waals surface area contributed by atoms with Gasteiger partial charge in [-0.15, -0.1) is 0 Å². The fourth-order valence-electron chi connectivity index (χ4n) is 2.58. The molecule has 30 heavy (non-hydrogen) atoms. The number of nitriles is 1. The van der Waals surface area contributed by atoms with Crippen LogP contribution in [0.15, 0.2) is 47.4 Å². The molecule has 0 bridgehead atoms. The van der Waals surface area contributed by atoms with Crippen LogP contribution in [0.1, 0.15) is 30.0 Å². The number of carbonyl (C=O) groups is 2. The molecule has 2 aromatic rings. The number of nitrogens with zero attached hydrogens (tertiary/aromatic N) is 1. The number of hydrogen-bond donors (Lipinski definition) is 2. The summed E-state index contributed by atoms with van der Waals surface area (Å²) in [6, 6.07) is 13.4. The molecule has 0 aliphatic heterocycles. The Hall–Kier alpha value is -3.22. The maximum Gasteiger partial charge on any atom is 0.307 e. The highest BCUT2D eigenvalue weighted by Gasteiger charge is 2.20. The van der Waals surface area contributed by atoms with Crippen molar-refractivity contribution >= 4 is 27.6 Å². The van der Waals surface area contributed by atoms with E-state index in [1.165, 1.54) is 13.0 Å². The first kappa shape index (κ1) is 23.1. The van der Waals surface area contributed by atoms with Crippen LogP contribution < -0.4 is 10.0 Å². The summed E-state index contributed by atoms with van der Waals surface area (Å²) in [5.74, 6) is -1.28. The Morgan fingerprint density at radius 1 is 1.17 bits per heavy atom. The Bertz CT molecular complexity index is 1090. The van der Waals surface area contributed by atoms with E-state index >= 15 is 0 Å². The smallest absolute Gasteiger partial charge is 0.307 e. The van der Waals surface area contributed by atoms with Crippen LogP contribution in [0.2, 0.25) is 0 Å². The van der Waals surface area contributed by atoms with Crippen LogP contribution in [0, 0.1) is 25.2 Å². The van der Waals surface area contributed by atoms with Crippen LogP contribution >= 0.6 is 0 Å². The first-order valence-corrected chi connectivity index (χ1v) is 10.7. The Balaban J connectivity index is 1.85. The monoisotopic (exact) mass is 429 g/mol. The molecule has 0 heterocycles. The molecular formula is C21H23N3O5S.